The molecule has 12 heteroatoms. The zero-order valence-electron chi connectivity index (χ0n) is 22.7. The second-order valence-electron chi connectivity index (χ2n) is 9.31. The van der Waals surface area contributed by atoms with E-state index < -0.39 is 35.0 Å². The third kappa shape index (κ3) is 6.61. The van der Waals surface area contributed by atoms with E-state index in [0.717, 1.165) is 6.20 Å². The lowest BCUT2D eigenvalue weighted by atomic mass is 10.0. The van der Waals surface area contributed by atoms with Crippen LogP contribution >= 0.6 is 11.6 Å². The molecule has 9 nitrogen and oxygen atoms in total. The lowest BCUT2D eigenvalue weighted by Crippen LogP contribution is -2.34. The SMILES string of the molecule is C=C(C)/C(=C\C(=NC)n1cccc(C(C)(C)O)c1=O)n1c(COC)cc(OCc2ncc(F)cc2F)c(Cl)c1=O. The highest BCUT2D eigenvalue weighted by Gasteiger charge is 2.23. The molecule has 3 heterocycles. The van der Waals surface area contributed by atoms with Crippen LogP contribution in [0.4, 0.5) is 8.78 Å². The van der Waals surface area contributed by atoms with Crippen LogP contribution in [0.2, 0.25) is 5.02 Å². The maximum atomic E-state index is 14.0. The van der Waals surface area contributed by atoms with Crippen LogP contribution in [0.25, 0.3) is 5.70 Å². The number of aliphatic imine (C=N–C) groups is 1. The molecule has 0 aliphatic carbocycles. The minimum absolute atomic E-state index is 0.0662. The van der Waals surface area contributed by atoms with Crippen molar-refractivity contribution < 1.29 is 23.4 Å². The van der Waals surface area contributed by atoms with Crippen molar-refractivity contribution in [3.63, 3.8) is 0 Å². The summed E-state index contributed by atoms with van der Waals surface area (Å²) in [6.07, 6.45) is 3.81. The normalized spacial score (nSPS) is 12.5. The lowest BCUT2D eigenvalue weighted by Gasteiger charge is -2.20. The van der Waals surface area contributed by atoms with Crippen LogP contribution < -0.4 is 15.9 Å². The molecule has 1 N–H and O–H groups in total. The summed E-state index contributed by atoms with van der Waals surface area (Å²) in [4.78, 5) is 34.6. The summed E-state index contributed by atoms with van der Waals surface area (Å²) in [6, 6.07) is 5.22. The van der Waals surface area contributed by atoms with Crippen molar-refractivity contribution in [3.05, 3.63) is 109 Å². The van der Waals surface area contributed by atoms with E-state index in [4.69, 9.17) is 21.1 Å². The second kappa shape index (κ2) is 12.5. The molecule has 0 saturated carbocycles. The number of aliphatic hydroxyl groups is 1. The molecule has 0 bridgehead atoms. The summed E-state index contributed by atoms with van der Waals surface area (Å²) in [5, 5.41) is 10.1. The molecule has 0 atom stereocenters. The molecule has 3 aromatic rings. The van der Waals surface area contributed by atoms with Crippen molar-refractivity contribution in [3.8, 4) is 5.75 Å². The summed E-state index contributed by atoms with van der Waals surface area (Å²) >= 11 is 6.39. The number of rotatable bonds is 9. The first-order chi connectivity index (χ1) is 18.8. The van der Waals surface area contributed by atoms with Crippen LogP contribution in [0.15, 0.2) is 69.5 Å². The maximum Gasteiger partial charge on any atom is 0.277 e. The first-order valence-corrected chi connectivity index (χ1v) is 12.3. The van der Waals surface area contributed by atoms with E-state index >= 15 is 0 Å². The molecule has 3 rings (SSSR count). The Morgan fingerprint density at radius 1 is 1.25 bits per heavy atom. The first-order valence-electron chi connectivity index (χ1n) is 12.0. The van der Waals surface area contributed by atoms with Gasteiger partial charge in [-0.2, -0.15) is 0 Å². The molecule has 40 heavy (non-hydrogen) atoms. The highest BCUT2D eigenvalue weighted by molar-refractivity contribution is 6.31. The smallest absolute Gasteiger partial charge is 0.277 e. The summed E-state index contributed by atoms with van der Waals surface area (Å²) in [6.45, 7) is 8.13. The summed E-state index contributed by atoms with van der Waals surface area (Å²) < 4.78 is 40.6. The summed E-state index contributed by atoms with van der Waals surface area (Å²) in [5.41, 5.74) is -1.68. The van der Waals surface area contributed by atoms with Gasteiger partial charge in [-0.3, -0.25) is 28.7 Å². The summed E-state index contributed by atoms with van der Waals surface area (Å²) in [7, 11) is 2.89. The van der Waals surface area contributed by atoms with E-state index in [9.17, 15) is 23.5 Å². The average molecular weight is 575 g/mol. The Morgan fingerprint density at radius 2 is 1.95 bits per heavy atom. The predicted octanol–water partition coefficient (Wildman–Crippen LogP) is 4.28. The van der Waals surface area contributed by atoms with Gasteiger partial charge in [0.05, 0.1) is 29.8 Å². The molecule has 0 unspecified atom stereocenters. The van der Waals surface area contributed by atoms with Gasteiger partial charge in [0.15, 0.2) is 5.82 Å². The molecule has 0 amide bonds. The number of ether oxygens (including phenoxy) is 2. The van der Waals surface area contributed by atoms with Gasteiger partial charge in [0.2, 0.25) is 0 Å². The Balaban J connectivity index is 2.15. The lowest BCUT2D eigenvalue weighted by molar-refractivity contribution is 0.0768. The van der Waals surface area contributed by atoms with Crippen LogP contribution in [0.1, 0.15) is 37.7 Å². The van der Waals surface area contributed by atoms with Gasteiger partial charge in [-0.25, -0.2) is 8.78 Å². The topological polar surface area (TPSA) is 108 Å². The Labute approximate surface area is 234 Å². The first kappa shape index (κ1) is 30.6. The van der Waals surface area contributed by atoms with Gasteiger partial charge in [0.1, 0.15) is 34.7 Å². The third-order valence-corrected chi connectivity index (χ3v) is 6.11. The van der Waals surface area contributed by atoms with Crippen LogP contribution in [0.3, 0.4) is 0 Å². The third-order valence-electron chi connectivity index (χ3n) is 5.76. The molecule has 212 valence electrons. The number of aromatic nitrogens is 3. The van der Waals surface area contributed by atoms with Crippen molar-refractivity contribution in [1.82, 2.24) is 14.1 Å². The highest BCUT2D eigenvalue weighted by Crippen LogP contribution is 2.27. The molecule has 0 aliphatic heterocycles. The van der Waals surface area contributed by atoms with Crippen molar-refractivity contribution in [2.75, 3.05) is 14.2 Å². The monoisotopic (exact) mass is 574 g/mol. The minimum atomic E-state index is -1.40. The molecule has 0 fully saturated rings. The molecular formula is C28H29ClF2N4O5. The fourth-order valence-electron chi connectivity index (χ4n) is 3.81. The average Bonchev–Trinajstić information content (AvgIpc) is 2.87. The van der Waals surface area contributed by atoms with Gasteiger partial charge in [-0.15, -0.1) is 0 Å². The number of halogens is 3. The van der Waals surface area contributed by atoms with Gasteiger partial charge in [0.25, 0.3) is 11.1 Å². The Kier molecular flexibility index (Phi) is 9.56. The van der Waals surface area contributed by atoms with Gasteiger partial charge in [-0.1, -0.05) is 18.2 Å². The predicted molar refractivity (Wildman–Crippen MR) is 149 cm³/mol. The number of hydrogen-bond acceptors (Lipinski definition) is 7. The van der Waals surface area contributed by atoms with E-state index in [2.05, 4.69) is 16.6 Å². The number of methoxy groups -OCH3 is 1. The van der Waals surface area contributed by atoms with Crippen LogP contribution in [0, 0.1) is 11.6 Å². The number of allylic oxidation sites excluding steroid dienone is 3. The van der Waals surface area contributed by atoms with E-state index in [0.29, 0.717) is 17.3 Å². The van der Waals surface area contributed by atoms with Crippen LogP contribution in [-0.2, 0) is 23.6 Å². The van der Waals surface area contributed by atoms with E-state index in [1.54, 1.807) is 13.0 Å². The number of pyridine rings is 3. The second-order valence-corrected chi connectivity index (χ2v) is 9.68. The zero-order chi connectivity index (χ0) is 29.8. The minimum Gasteiger partial charge on any atom is -0.485 e. The molecular weight excluding hydrogens is 546 g/mol. The number of nitrogens with zero attached hydrogens (tertiary/aromatic N) is 4. The molecule has 0 aliphatic rings. The standard InChI is InChI=1S/C28H29ClF2N4O5/c1-16(2)22(12-24(32-5)34-9-7-8-19(26(34)36)28(3,4)38)35-18(14-39-6)11-23(25(29)27(35)37)40-15-21-20(31)10-17(30)13-33-21/h7-13,38H,1,14-15H2,2-6H3/b22-12+,32-24?. The Bertz CT molecular complexity index is 1620. The van der Waals surface area contributed by atoms with Crippen LogP contribution in [-0.4, -0.2) is 39.2 Å². The fraction of sp³-hybridized carbons (Fsp3) is 0.286. The van der Waals surface area contributed by atoms with Gasteiger partial charge < -0.3 is 14.6 Å². The zero-order valence-corrected chi connectivity index (χ0v) is 23.4. The molecule has 0 aromatic carbocycles. The largest absolute Gasteiger partial charge is 0.485 e. The van der Waals surface area contributed by atoms with Crippen LogP contribution in [0.5, 0.6) is 5.75 Å². The molecule has 0 radical (unpaired) electrons. The van der Waals surface area contributed by atoms with Crippen molar-refractivity contribution in [1.29, 1.82) is 0 Å². The van der Waals surface area contributed by atoms with Gasteiger partial charge in [0, 0.05) is 44.1 Å². The molecule has 0 saturated heterocycles. The van der Waals surface area contributed by atoms with Gasteiger partial charge >= 0.3 is 0 Å². The van der Waals surface area contributed by atoms with E-state index in [1.165, 1.54) is 61.5 Å². The van der Waals surface area contributed by atoms with Gasteiger partial charge in [-0.05, 0) is 38.5 Å². The highest BCUT2D eigenvalue weighted by atomic mass is 35.5. The quantitative estimate of drug-likeness (QED) is 0.232. The van der Waals surface area contributed by atoms with E-state index in [-0.39, 0.29) is 40.2 Å². The van der Waals surface area contributed by atoms with Crippen molar-refractivity contribution in [2.24, 2.45) is 4.99 Å². The van der Waals surface area contributed by atoms with Crippen molar-refractivity contribution in [2.45, 2.75) is 39.6 Å². The number of hydrogen-bond donors (Lipinski definition) is 1. The molecule has 0 spiro atoms. The Hall–Kier alpha value is -3.93. The van der Waals surface area contributed by atoms with E-state index in [1.807, 2.05) is 0 Å². The summed E-state index contributed by atoms with van der Waals surface area (Å²) in [5.74, 6) is -1.67. The maximum absolute atomic E-state index is 14.0. The van der Waals surface area contributed by atoms with Crippen molar-refractivity contribution >= 4 is 23.1 Å². The molecule has 3 aromatic heterocycles. The fourth-order valence-corrected chi connectivity index (χ4v) is 4.01. The Morgan fingerprint density at radius 3 is 2.52 bits per heavy atom.